The highest BCUT2D eigenvalue weighted by Crippen LogP contribution is 2.41. The number of amides is 1. The fourth-order valence-electron chi connectivity index (χ4n) is 3.98. The van der Waals surface area contributed by atoms with Gasteiger partial charge in [0.1, 0.15) is 0 Å². The number of carbonyl (C=O) groups is 1. The maximum absolute atomic E-state index is 13.3. The molecule has 0 bridgehead atoms. The Balaban J connectivity index is 0.00000243. The Hall–Kier alpha value is -0.820. The molecule has 0 aliphatic heterocycles. The van der Waals surface area contributed by atoms with E-state index >= 15 is 0 Å². The maximum atomic E-state index is 13.3. The van der Waals surface area contributed by atoms with Crippen molar-refractivity contribution >= 4 is 39.8 Å². The van der Waals surface area contributed by atoms with Crippen molar-refractivity contribution in [2.24, 2.45) is 5.73 Å². The molecule has 2 aliphatic carbocycles. The summed E-state index contributed by atoms with van der Waals surface area (Å²) in [6.45, 7) is 0. The Morgan fingerprint density at radius 1 is 1.08 bits per heavy atom. The highest BCUT2D eigenvalue weighted by Gasteiger charge is 2.53. The summed E-state index contributed by atoms with van der Waals surface area (Å²) in [5.41, 5.74) is 5.91. The molecule has 0 spiro atoms. The Morgan fingerprint density at radius 3 is 2.15 bits per heavy atom. The molecule has 2 aliphatic rings. The molecule has 1 aromatic carbocycles. The van der Waals surface area contributed by atoms with Crippen LogP contribution in [0.2, 0.25) is 5.02 Å². The summed E-state index contributed by atoms with van der Waals surface area (Å²) in [7, 11) is -3.77. The Bertz CT molecular complexity index is 723. The normalized spacial score (nSPS) is 25.3. The van der Waals surface area contributed by atoms with Crippen LogP contribution in [0.1, 0.15) is 51.4 Å². The van der Waals surface area contributed by atoms with E-state index in [-0.39, 0.29) is 35.3 Å². The fraction of sp³-hybridized carbons (Fsp3) is 0.611. The molecular formula is C18H26Cl2N2O3S. The third-order valence-corrected chi connectivity index (χ3v) is 8.34. The van der Waals surface area contributed by atoms with Crippen molar-refractivity contribution in [1.82, 2.24) is 5.32 Å². The lowest BCUT2D eigenvalue weighted by Gasteiger charge is -2.32. The van der Waals surface area contributed by atoms with Crippen molar-refractivity contribution in [1.29, 1.82) is 0 Å². The van der Waals surface area contributed by atoms with Gasteiger partial charge in [-0.25, -0.2) is 8.42 Å². The summed E-state index contributed by atoms with van der Waals surface area (Å²) < 4.78 is 25.2. The number of halogens is 2. The lowest BCUT2D eigenvalue weighted by atomic mass is 9.91. The quantitative estimate of drug-likeness (QED) is 0.781. The van der Waals surface area contributed by atoms with Crippen LogP contribution in [-0.2, 0) is 14.6 Å². The Kier molecular flexibility index (Phi) is 6.99. The molecule has 0 atom stereocenters. The minimum Gasteiger partial charge on any atom is -0.352 e. The third-order valence-electron chi connectivity index (χ3n) is 5.57. The smallest absolute Gasteiger partial charge is 0.242 e. The number of nitrogens with two attached hydrogens (primary N) is 1. The Labute approximate surface area is 166 Å². The number of nitrogens with one attached hydrogen (secondary N) is 1. The topological polar surface area (TPSA) is 89.3 Å². The van der Waals surface area contributed by atoms with Crippen molar-refractivity contribution < 1.29 is 13.2 Å². The van der Waals surface area contributed by atoms with E-state index in [0.29, 0.717) is 17.9 Å². The molecule has 5 nitrogen and oxygen atoms in total. The average Bonchev–Trinajstić information content (AvgIpc) is 3.09. The first kappa shape index (κ1) is 21.5. The highest BCUT2D eigenvalue weighted by molar-refractivity contribution is 7.93. The average molecular weight is 421 g/mol. The second-order valence-electron chi connectivity index (χ2n) is 7.24. The SMILES string of the molecule is Cl.NC1CCC(NC(=O)C2(S(=O)(=O)c3ccc(Cl)cc3)CCCC2)CC1. The van der Waals surface area contributed by atoms with Crippen molar-refractivity contribution in [3.8, 4) is 0 Å². The molecule has 26 heavy (non-hydrogen) atoms. The molecule has 0 radical (unpaired) electrons. The van der Waals surface area contributed by atoms with Crippen molar-refractivity contribution in [3.05, 3.63) is 29.3 Å². The summed E-state index contributed by atoms with van der Waals surface area (Å²) in [4.78, 5) is 13.2. The summed E-state index contributed by atoms with van der Waals surface area (Å²) in [6.07, 6.45) is 5.58. The molecule has 0 aromatic heterocycles. The lowest BCUT2D eigenvalue weighted by molar-refractivity contribution is -0.124. The van der Waals surface area contributed by atoms with E-state index in [2.05, 4.69) is 5.32 Å². The zero-order valence-electron chi connectivity index (χ0n) is 14.6. The highest BCUT2D eigenvalue weighted by atomic mass is 35.5. The molecule has 0 saturated heterocycles. The zero-order chi connectivity index (χ0) is 18.1. The molecule has 2 fully saturated rings. The maximum Gasteiger partial charge on any atom is 0.242 e. The molecule has 2 saturated carbocycles. The van der Waals surface area contributed by atoms with E-state index in [9.17, 15) is 13.2 Å². The van der Waals surface area contributed by atoms with Gasteiger partial charge >= 0.3 is 0 Å². The monoisotopic (exact) mass is 420 g/mol. The van der Waals surface area contributed by atoms with E-state index < -0.39 is 14.6 Å². The van der Waals surface area contributed by atoms with Crippen LogP contribution >= 0.6 is 24.0 Å². The second kappa shape index (κ2) is 8.46. The molecule has 1 amide bonds. The van der Waals surface area contributed by atoms with Gasteiger partial charge in [0.05, 0.1) is 4.90 Å². The van der Waals surface area contributed by atoms with Gasteiger partial charge in [-0.05, 0) is 62.8 Å². The predicted molar refractivity (Wildman–Crippen MR) is 105 cm³/mol. The lowest BCUT2D eigenvalue weighted by Crippen LogP contribution is -2.54. The standard InChI is InChI=1S/C18H25ClN2O3S.ClH/c19-13-3-9-16(10-4-13)25(23,24)18(11-1-2-12-18)17(22)21-15-7-5-14(20)6-8-15;/h3-4,9-10,14-15H,1-2,5-8,11-12,20H2,(H,21,22);1H. The van der Waals surface area contributed by atoms with Crippen LogP contribution in [0.4, 0.5) is 0 Å². The summed E-state index contributed by atoms with van der Waals surface area (Å²) in [6, 6.07) is 6.29. The van der Waals surface area contributed by atoms with Crippen LogP contribution in [0, 0.1) is 0 Å². The molecule has 3 rings (SSSR count). The molecule has 146 valence electrons. The first-order valence-electron chi connectivity index (χ1n) is 8.92. The van der Waals surface area contributed by atoms with E-state index in [1.54, 1.807) is 12.1 Å². The number of carbonyl (C=O) groups excluding carboxylic acids is 1. The second-order valence-corrected chi connectivity index (χ2v) is 9.94. The van der Waals surface area contributed by atoms with E-state index in [0.717, 1.165) is 38.5 Å². The number of sulfone groups is 1. The van der Waals surface area contributed by atoms with Gasteiger partial charge in [-0.2, -0.15) is 0 Å². The van der Waals surface area contributed by atoms with Crippen LogP contribution in [0.25, 0.3) is 0 Å². The molecule has 1 aromatic rings. The van der Waals surface area contributed by atoms with Gasteiger partial charge in [-0.1, -0.05) is 24.4 Å². The van der Waals surface area contributed by atoms with E-state index in [1.807, 2.05) is 0 Å². The van der Waals surface area contributed by atoms with Crippen LogP contribution in [0.15, 0.2) is 29.2 Å². The summed E-state index contributed by atoms with van der Waals surface area (Å²) >= 11 is 5.87. The van der Waals surface area contributed by atoms with Gasteiger partial charge < -0.3 is 11.1 Å². The minimum absolute atomic E-state index is 0. The molecule has 3 N–H and O–H groups in total. The van der Waals surface area contributed by atoms with Gasteiger partial charge in [0.2, 0.25) is 5.91 Å². The van der Waals surface area contributed by atoms with Gasteiger partial charge in [0.15, 0.2) is 14.6 Å². The van der Waals surface area contributed by atoms with Gasteiger partial charge in [0, 0.05) is 17.1 Å². The largest absolute Gasteiger partial charge is 0.352 e. The van der Waals surface area contributed by atoms with Crippen molar-refractivity contribution in [3.63, 3.8) is 0 Å². The summed E-state index contributed by atoms with van der Waals surface area (Å²) in [5, 5.41) is 3.48. The molecular weight excluding hydrogens is 395 g/mol. The van der Waals surface area contributed by atoms with Crippen LogP contribution in [0.5, 0.6) is 0 Å². The Morgan fingerprint density at radius 2 is 1.62 bits per heavy atom. The first-order chi connectivity index (χ1) is 11.8. The number of hydrogen-bond acceptors (Lipinski definition) is 4. The predicted octanol–water partition coefficient (Wildman–Crippen LogP) is 3.23. The first-order valence-corrected chi connectivity index (χ1v) is 10.8. The molecule has 8 heteroatoms. The number of hydrogen-bond donors (Lipinski definition) is 2. The van der Waals surface area contributed by atoms with Gasteiger partial charge in [-0.3, -0.25) is 4.79 Å². The van der Waals surface area contributed by atoms with Crippen molar-refractivity contribution in [2.75, 3.05) is 0 Å². The summed E-state index contributed by atoms with van der Waals surface area (Å²) in [5.74, 6) is -0.347. The van der Waals surface area contributed by atoms with Gasteiger partial charge in [-0.15, -0.1) is 12.4 Å². The van der Waals surface area contributed by atoms with E-state index in [1.165, 1.54) is 12.1 Å². The third kappa shape index (κ3) is 4.03. The van der Waals surface area contributed by atoms with Crippen LogP contribution < -0.4 is 11.1 Å². The fourth-order valence-corrected chi connectivity index (χ4v) is 6.18. The van der Waals surface area contributed by atoms with Gasteiger partial charge in [0.25, 0.3) is 0 Å². The molecule has 0 heterocycles. The number of rotatable bonds is 4. The number of benzene rings is 1. The minimum atomic E-state index is -3.77. The zero-order valence-corrected chi connectivity index (χ0v) is 17.0. The van der Waals surface area contributed by atoms with Crippen molar-refractivity contribution in [2.45, 2.75) is 73.1 Å². The van der Waals surface area contributed by atoms with Crippen LogP contribution in [0.3, 0.4) is 0 Å². The van der Waals surface area contributed by atoms with Crippen LogP contribution in [-0.4, -0.2) is 31.2 Å². The van der Waals surface area contributed by atoms with E-state index in [4.69, 9.17) is 17.3 Å². The molecule has 0 unspecified atom stereocenters.